The maximum absolute atomic E-state index is 11.3. The van der Waals surface area contributed by atoms with Crippen molar-refractivity contribution >= 4 is 11.6 Å². The molecule has 0 fully saturated rings. The fraction of sp³-hybridized carbons (Fsp3) is 0.462. The summed E-state index contributed by atoms with van der Waals surface area (Å²) in [6.45, 7) is 4.27. The number of anilines is 1. The molecule has 0 aliphatic rings. The molecule has 0 bridgehead atoms. The minimum absolute atomic E-state index is 0.0402. The van der Waals surface area contributed by atoms with Gasteiger partial charge in [-0.05, 0) is 25.0 Å². The summed E-state index contributed by atoms with van der Waals surface area (Å²) in [6.07, 6.45) is 1.49. The van der Waals surface area contributed by atoms with Crippen molar-refractivity contribution in [3.63, 3.8) is 0 Å². The smallest absolute Gasteiger partial charge is 0.224 e. The van der Waals surface area contributed by atoms with E-state index in [1.165, 1.54) is 0 Å². The van der Waals surface area contributed by atoms with Crippen molar-refractivity contribution in [2.24, 2.45) is 0 Å². The lowest BCUT2D eigenvalue weighted by Gasteiger charge is -2.16. The molecule has 1 amide bonds. The van der Waals surface area contributed by atoms with Gasteiger partial charge in [-0.3, -0.25) is 4.79 Å². The lowest BCUT2D eigenvalue weighted by Crippen LogP contribution is -2.21. The van der Waals surface area contributed by atoms with E-state index in [1.54, 1.807) is 7.05 Å². The second-order valence-corrected chi connectivity index (χ2v) is 3.96. The van der Waals surface area contributed by atoms with Crippen LogP contribution in [0.4, 0.5) is 5.69 Å². The zero-order valence-corrected chi connectivity index (χ0v) is 10.2. The maximum atomic E-state index is 11.3. The van der Waals surface area contributed by atoms with E-state index in [4.69, 9.17) is 0 Å². The molecule has 0 aliphatic carbocycles. The molecule has 0 saturated heterocycles. The highest BCUT2D eigenvalue weighted by molar-refractivity contribution is 5.80. The largest absolute Gasteiger partial charge is 0.382 e. The molecule has 1 unspecified atom stereocenters. The Balaban J connectivity index is 2.79. The van der Waals surface area contributed by atoms with Crippen LogP contribution in [0.5, 0.6) is 0 Å². The SMILES string of the molecule is CCC(C)Nc1ccccc1CC(=O)NC. The molecular weight excluding hydrogens is 200 g/mol. The Morgan fingerprint density at radius 1 is 1.38 bits per heavy atom. The van der Waals surface area contributed by atoms with E-state index in [1.807, 2.05) is 24.3 Å². The lowest BCUT2D eigenvalue weighted by atomic mass is 10.1. The number of amides is 1. The van der Waals surface area contributed by atoms with E-state index in [-0.39, 0.29) is 5.91 Å². The molecule has 3 nitrogen and oxygen atoms in total. The van der Waals surface area contributed by atoms with Gasteiger partial charge in [-0.15, -0.1) is 0 Å². The van der Waals surface area contributed by atoms with Gasteiger partial charge in [0, 0.05) is 18.8 Å². The number of benzene rings is 1. The number of nitrogens with one attached hydrogen (secondary N) is 2. The molecule has 1 aromatic carbocycles. The van der Waals surface area contributed by atoms with Gasteiger partial charge in [0.25, 0.3) is 0 Å². The number of hydrogen-bond acceptors (Lipinski definition) is 2. The first-order valence-corrected chi connectivity index (χ1v) is 5.72. The Morgan fingerprint density at radius 2 is 2.06 bits per heavy atom. The van der Waals surface area contributed by atoms with Crippen LogP contribution in [-0.2, 0) is 11.2 Å². The predicted molar refractivity (Wildman–Crippen MR) is 67.6 cm³/mol. The van der Waals surface area contributed by atoms with Gasteiger partial charge in [-0.2, -0.15) is 0 Å². The van der Waals surface area contributed by atoms with E-state index in [2.05, 4.69) is 24.5 Å². The van der Waals surface area contributed by atoms with Gasteiger partial charge in [0.15, 0.2) is 0 Å². The summed E-state index contributed by atoms with van der Waals surface area (Å²) in [5.41, 5.74) is 2.10. The first kappa shape index (κ1) is 12.6. The average molecular weight is 220 g/mol. The Hall–Kier alpha value is -1.51. The van der Waals surface area contributed by atoms with Crippen LogP contribution in [0.3, 0.4) is 0 Å². The van der Waals surface area contributed by atoms with Crippen molar-refractivity contribution in [3.05, 3.63) is 29.8 Å². The summed E-state index contributed by atoms with van der Waals surface area (Å²) in [5, 5.41) is 6.05. The summed E-state index contributed by atoms with van der Waals surface area (Å²) in [7, 11) is 1.66. The average Bonchev–Trinajstić information content (AvgIpc) is 2.31. The number of para-hydroxylation sites is 1. The van der Waals surface area contributed by atoms with Crippen molar-refractivity contribution in [1.82, 2.24) is 5.32 Å². The molecule has 0 aliphatic heterocycles. The summed E-state index contributed by atoms with van der Waals surface area (Å²) in [5.74, 6) is 0.0402. The first-order chi connectivity index (χ1) is 7.67. The normalized spacial score (nSPS) is 11.9. The van der Waals surface area contributed by atoms with Crippen molar-refractivity contribution < 1.29 is 4.79 Å². The van der Waals surface area contributed by atoms with Crippen molar-refractivity contribution in [3.8, 4) is 0 Å². The third kappa shape index (κ3) is 3.57. The molecule has 1 atom stereocenters. The highest BCUT2D eigenvalue weighted by Crippen LogP contribution is 2.17. The highest BCUT2D eigenvalue weighted by Gasteiger charge is 2.07. The van der Waals surface area contributed by atoms with E-state index in [0.29, 0.717) is 12.5 Å². The second-order valence-electron chi connectivity index (χ2n) is 3.96. The maximum Gasteiger partial charge on any atom is 0.224 e. The van der Waals surface area contributed by atoms with E-state index < -0.39 is 0 Å². The number of carbonyl (C=O) groups is 1. The van der Waals surface area contributed by atoms with Crippen molar-refractivity contribution in [2.75, 3.05) is 12.4 Å². The number of carbonyl (C=O) groups excluding carboxylic acids is 1. The zero-order chi connectivity index (χ0) is 12.0. The van der Waals surface area contributed by atoms with Gasteiger partial charge in [0.2, 0.25) is 5.91 Å². The number of hydrogen-bond donors (Lipinski definition) is 2. The molecule has 0 spiro atoms. The van der Waals surface area contributed by atoms with Crippen LogP contribution in [0.15, 0.2) is 24.3 Å². The van der Waals surface area contributed by atoms with Gasteiger partial charge < -0.3 is 10.6 Å². The van der Waals surface area contributed by atoms with Crippen LogP contribution in [0.25, 0.3) is 0 Å². The standard InChI is InChI=1S/C13H20N2O/c1-4-10(2)15-12-8-6-5-7-11(12)9-13(16)14-3/h5-8,10,15H,4,9H2,1-3H3,(H,14,16). The molecular formula is C13H20N2O. The van der Waals surface area contributed by atoms with Crippen LogP contribution in [0.1, 0.15) is 25.8 Å². The monoisotopic (exact) mass is 220 g/mol. The Morgan fingerprint density at radius 3 is 2.69 bits per heavy atom. The van der Waals surface area contributed by atoms with Gasteiger partial charge in [0.1, 0.15) is 0 Å². The minimum atomic E-state index is 0.0402. The Kier molecular flexibility index (Phi) is 4.83. The quantitative estimate of drug-likeness (QED) is 0.798. The third-order valence-corrected chi connectivity index (χ3v) is 2.66. The summed E-state index contributed by atoms with van der Waals surface area (Å²) < 4.78 is 0. The minimum Gasteiger partial charge on any atom is -0.382 e. The van der Waals surface area contributed by atoms with Gasteiger partial charge >= 0.3 is 0 Å². The van der Waals surface area contributed by atoms with Gasteiger partial charge in [0.05, 0.1) is 6.42 Å². The van der Waals surface area contributed by atoms with E-state index in [9.17, 15) is 4.79 Å². The summed E-state index contributed by atoms with van der Waals surface area (Å²) in [4.78, 5) is 11.3. The second kappa shape index (κ2) is 6.16. The van der Waals surface area contributed by atoms with Gasteiger partial charge in [-0.25, -0.2) is 0 Å². The Bertz CT molecular complexity index is 350. The summed E-state index contributed by atoms with van der Waals surface area (Å²) >= 11 is 0. The Labute approximate surface area is 97.2 Å². The number of rotatable bonds is 5. The third-order valence-electron chi connectivity index (χ3n) is 2.66. The lowest BCUT2D eigenvalue weighted by molar-refractivity contribution is -0.119. The number of likely N-dealkylation sites (N-methyl/N-ethyl adjacent to an activating group) is 1. The van der Waals surface area contributed by atoms with Crippen LogP contribution < -0.4 is 10.6 Å². The molecule has 3 heteroatoms. The van der Waals surface area contributed by atoms with E-state index >= 15 is 0 Å². The first-order valence-electron chi connectivity index (χ1n) is 5.72. The molecule has 1 aromatic rings. The molecule has 88 valence electrons. The molecule has 0 radical (unpaired) electrons. The summed E-state index contributed by atoms with van der Waals surface area (Å²) in [6, 6.07) is 8.37. The molecule has 0 heterocycles. The van der Waals surface area contributed by atoms with Crippen LogP contribution in [0, 0.1) is 0 Å². The van der Waals surface area contributed by atoms with Crippen LogP contribution in [-0.4, -0.2) is 19.0 Å². The topological polar surface area (TPSA) is 41.1 Å². The molecule has 0 saturated carbocycles. The van der Waals surface area contributed by atoms with Crippen molar-refractivity contribution in [1.29, 1.82) is 0 Å². The fourth-order valence-corrected chi connectivity index (χ4v) is 1.44. The molecule has 1 rings (SSSR count). The fourth-order valence-electron chi connectivity index (χ4n) is 1.44. The van der Waals surface area contributed by atoms with Crippen molar-refractivity contribution in [2.45, 2.75) is 32.7 Å². The van der Waals surface area contributed by atoms with Gasteiger partial charge in [-0.1, -0.05) is 25.1 Å². The molecule has 2 N–H and O–H groups in total. The highest BCUT2D eigenvalue weighted by atomic mass is 16.1. The molecule has 16 heavy (non-hydrogen) atoms. The predicted octanol–water partition coefficient (Wildman–Crippen LogP) is 2.19. The molecule has 0 aromatic heterocycles. The van der Waals surface area contributed by atoms with E-state index in [0.717, 1.165) is 17.7 Å². The van der Waals surface area contributed by atoms with Crippen LogP contribution in [0.2, 0.25) is 0 Å². The van der Waals surface area contributed by atoms with Crippen LogP contribution >= 0.6 is 0 Å². The zero-order valence-electron chi connectivity index (χ0n) is 10.2.